The molecule has 0 spiro atoms. The first-order valence-electron chi connectivity index (χ1n) is 16.1. The van der Waals surface area contributed by atoms with Crippen LogP contribution in [0.2, 0.25) is 0 Å². The van der Waals surface area contributed by atoms with Gasteiger partial charge in [0.05, 0.1) is 25.4 Å². The molecule has 1 aromatic rings. The molecule has 0 aromatic carbocycles. The zero-order chi connectivity index (χ0) is 30.3. The Kier molecular flexibility index (Phi) is 12.1. The second-order valence-electron chi connectivity index (χ2n) is 16.0. The standard InChI is InChI=1S/C34H62N4O3/c1-31(2,3)25-39-17-11-18-40-28-20-29(21-28)41-19-16-36-34(9,10)15-14-33(7,8)26-12-13-30(35-22-26)38-23-27(24-38)37-32(4,5)6/h12-13,22,27-29,36-37H,11,14-21,23-25H2,1-10H3. The van der Waals surface area contributed by atoms with Gasteiger partial charge < -0.3 is 29.7 Å². The van der Waals surface area contributed by atoms with Crippen LogP contribution in [-0.2, 0) is 19.6 Å². The van der Waals surface area contributed by atoms with Gasteiger partial charge in [-0.1, -0.05) is 40.7 Å². The number of nitrogens with one attached hydrogen (secondary N) is 2. The second kappa shape index (κ2) is 14.5. The molecule has 1 saturated carbocycles. The highest BCUT2D eigenvalue weighted by Crippen LogP contribution is 2.32. The van der Waals surface area contributed by atoms with Gasteiger partial charge in [-0.25, -0.2) is 4.98 Å². The van der Waals surface area contributed by atoms with Gasteiger partial charge >= 0.3 is 0 Å². The van der Waals surface area contributed by atoms with E-state index in [1.807, 2.05) is 0 Å². The van der Waals surface area contributed by atoms with Crippen LogP contribution in [0.1, 0.15) is 107 Å². The summed E-state index contributed by atoms with van der Waals surface area (Å²) in [5.41, 5.74) is 1.83. The van der Waals surface area contributed by atoms with Crippen molar-refractivity contribution in [2.24, 2.45) is 5.41 Å². The predicted molar refractivity (Wildman–Crippen MR) is 171 cm³/mol. The fourth-order valence-corrected chi connectivity index (χ4v) is 5.39. The Morgan fingerprint density at radius 3 is 2.10 bits per heavy atom. The first kappa shape index (κ1) is 34.2. The molecule has 41 heavy (non-hydrogen) atoms. The molecule has 0 amide bonds. The second-order valence-corrected chi connectivity index (χ2v) is 16.0. The number of hydrogen-bond donors (Lipinski definition) is 2. The SMILES string of the molecule is CC(C)(C)COCCCOC1CC(OCCNC(C)(C)CCC(C)(C)c2ccc(N3CC(NC(C)(C)C)C3)nc2)C1. The molecule has 1 aromatic heterocycles. The summed E-state index contributed by atoms with van der Waals surface area (Å²) in [7, 11) is 0. The van der Waals surface area contributed by atoms with E-state index in [1.54, 1.807) is 0 Å². The van der Waals surface area contributed by atoms with E-state index in [0.717, 1.165) is 84.0 Å². The topological polar surface area (TPSA) is 67.9 Å². The van der Waals surface area contributed by atoms with Gasteiger partial charge in [0.1, 0.15) is 5.82 Å². The van der Waals surface area contributed by atoms with Crippen LogP contribution >= 0.6 is 0 Å². The van der Waals surface area contributed by atoms with E-state index < -0.39 is 0 Å². The number of anilines is 1. The van der Waals surface area contributed by atoms with Gasteiger partial charge in [-0.15, -0.1) is 0 Å². The zero-order valence-corrected chi connectivity index (χ0v) is 28.1. The smallest absolute Gasteiger partial charge is 0.128 e. The summed E-state index contributed by atoms with van der Waals surface area (Å²) in [5, 5.41) is 7.40. The van der Waals surface area contributed by atoms with E-state index in [4.69, 9.17) is 19.2 Å². The lowest BCUT2D eigenvalue weighted by atomic mass is 9.78. The monoisotopic (exact) mass is 574 g/mol. The van der Waals surface area contributed by atoms with Crippen LogP contribution in [0.15, 0.2) is 18.3 Å². The van der Waals surface area contributed by atoms with E-state index in [9.17, 15) is 0 Å². The maximum absolute atomic E-state index is 6.09. The molecule has 1 aliphatic carbocycles. The van der Waals surface area contributed by atoms with Gasteiger partial charge in [-0.2, -0.15) is 0 Å². The molecule has 0 unspecified atom stereocenters. The summed E-state index contributed by atoms with van der Waals surface area (Å²) in [6.07, 6.45) is 7.96. The van der Waals surface area contributed by atoms with Crippen molar-refractivity contribution in [3.8, 4) is 0 Å². The Balaban J connectivity index is 1.25. The van der Waals surface area contributed by atoms with Crippen molar-refractivity contribution in [2.45, 2.75) is 136 Å². The Morgan fingerprint density at radius 2 is 1.51 bits per heavy atom. The predicted octanol–water partition coefficient (Wildman–Crippen LogP) is 6.10. The van der Waals surface area contributed by atoms with Gasteiger partial charge in [0.15, 0.2) is 0 Å². The number of ether oxygens (including phenoxy) is 3. The molecule has 2 N–H and O–H groups in total. The van der Waals surface area contributed by atoms with Crippen LogP contribution in [0.25, 0.3) is 0 Å². The number of nitrogens with zero attached hydrogens (tertiary/aromatic N) is 2. The van der Waals surface area contributed by atoms with E-state index >= 15 is 0 Å². The van der Waals surface area contributed by atoms with Gasteiger partial charge in [0.2, 0.25) is 0 Å². The number of rotatable bonds is 17. The first-order valence-corrected chi connectivity index (χ1v) is 16.1. The molecule has 1 aliphatic heterocycles. The summed E-state index contributed by atoms with van der Waals surface area (Å²) < 4.78 is 17.8. The minimum atomic E-state index is 0.0566. The molecule has 2 aliphatic rings. The Hall–Kier alpha value is -1.25. The molecule has 1 saturated heterocycles. The fraction of sp³-hybridized carbons (Fsp3) is 0.853. The lowest BCUT2D eigenvalue weighted by Crippen LogP contribution is -2.62. The highest BCUT2D eigenvalue weighted by Gasteiger charge is 2.32. The van der Waals surface area contributed by atoms with Gasteiger partial charge in [-0.3, -0.25) is 0 Å². The Bertz CT molecular complexity index is 892. The molecule has 7 heteroatoms. The largest absolute Gasteiger partial charge is 0.381 e. The van der Waals surface area contributed by atoms with Crippen molar-refractivity contribution >= 4 is 5.82 Å². The quantitative estimate of drug-likeness (QED) is 0.218. The van der Waals surface area contributed by atoms with Crippen LogP contribution in [0.5, 0.6) is 0 Å². The lowest BCUT2D eigenvalue weighted by Gasteiger charge is -2.43. The third-order valence-corrected chi connectivity index (χ3v) is 8.18. The molecule has 2 fully saturated rings. The highest BCUT2D eigenvalue weighted by molar-refractivity contribution is 5.44. The zero-order valence-electron chi connectivity index (χ0n) is 28.1. The first-order chi connectivity index (χ1) is 19.0. The fourth-order valence-electron chi connectivity index (χ4n) is 5.39. The van der Waals surface area contributed by atoms with E-state index in [2.05, 4.69) is 103 Å². The van der Waals surface area contributed by atoms with E-state index in [1.165, 1.54) is 5.56 Å². The number of hydrogen-bond acceptors (Lipinski definition) is 7. The van der Waals surface area contributed by atoms with Crippen molar-refractivity contribution in [1.29, 1.82) is 0 Å². The average Bonchev–Trinajstić information content (AvgIpc) is 2.81. The average molecular weight is 575 g/mol. The maximum atomic E-state index is 6.09. The molecule has 0 atom stereocenters. The molecular weight excluding hydrogens is 512 g/mol. The lowest BCUT2D eigenvalue weighted by molar-refractivity contribution is -0.103. The van der Waals surface area contributed by atoms with Crippen molar-refractivity contribution in [1.82, 2.24) is 15.6 Å². The molecule has 2 heterocycles. The van der Waals surface area contributed by atoms with E-state index in [-0.39, 0.29) is 21.9 Å². The molecule has 7 nitrogen and oxygen atoms in total. The van der Waals surface area contributed by atoms with Crippen LogP contribution in [0, 0.1) is 5.41 Å². The minimum Gasteiger partial charge on any atom is -0.381 e. The van der Waals surface area contributed by atoms with Crippen LogP contribution in [-0.4, -0.2) is 80.4 Å². The summed E-state index contributed by atoms with van der Waals surface area (Å²) >= 11 is 0. The summed E-state index contributed by atoms with van der Waals surface area (Å²) in [4.78, 5) is 7.18. The maximum Gasteiger partial charge on any atom is 0.128 e. The van der Waals surface area contributed by atoms with Crippen LogP contribution < -0.4 is 15.5 Å². The van der Waals surface area contributed by atoms with Crippen molar-refractivity contribution in [2.75, 3.05) is 51.0 Å². The molecular formula is C34H62N4O3. The third-order valence-electron chi connectivity index (χ3n) is 8.18. The van der Waals surface area contributed by atoms with Crippen molar-refractivity contribution in [3.05, 3.63) is 23.9 Å². The molecule has 0 radical (unpaired) electrons. The van der Waals surface area contributed by atoms with Crippen molar-refractivity contribution in [3.63, 3.8) is 0 Å². The summed E-state index contributed by atoms with van der Waals surface area (Å²) in [6, 6.07) is 5.02. The third kappa shape index (κ3) is 12.5. The van der Waals surface area contributed by atoms with Gasteiger partial charge in [-0.05, 0) is 89.2 Å². The molecule has 3 rings (SSSR count). The molecule has 0 bridgehead atoms. The Morgan fingerprint density at radius 1 is 0.854 bits per heavy atom. The minimum absolute atomic E-state index is 0.0566. The van der Waals surface area contributed by atoms with Gasteiger partial charge in [0.25, 0.3) is 0 Å². The summed E-state index contributed by atoms with van der Waals surface area (Å²) in [6.45, 7) is 28.6. The van der Waals surface area contributed by atoms with Crippen molar-refractivity contribution < 1.29 is 14.2 Å². The molecule has 236 valence electrons. The summed E-state index contributed by atoms with van der Waals surface area (Å²) in [5.74, 6) is 1.09. The normalized spacial score (nSPS) is 20.7. The Labute approximate surface area is 251 Å². The van der Waals surface area contributed by atoms with Crippen LogP contribution in [0.3, 0.4) is 0 Å². The van der Waals surface area contributed by atoms with Crippen LogP contribution in [0.4, 0.5) is 5.82 Å². The van der Waals surface area contributed by atoms with Gasteiger partial charge in [0, 0.05) is 56.2 Å². The highest BCUT2D eigenvalue weighted by atomic mass is 16.5. The number of pyridine rings is 1. The van der Waals surface area contributed by atoms with E-state index in [0.29, 0.717) is 18.2 Å². The number of aromatic nitrogens is 1.